The van der Waals surface area contributed by atoms with Gasteiger partial charge in [0.2, 0.25) is 0 Å². The SMILES string of the molecule is CN=Cc1cc(C(C)C)c(OC)c(C)c1N. The number of anilines is 1. The predicted octanol–water partition coefficient (Wildman–Crippen LogP) is 2.76. The zero-order chi connectivity index (χ0) is 12.3. The van der Waals surface area contributed by atoms with Gasteiger partial charge >= 0.3 is 0 Å². The Morgan fingerprint density at radius 2 is 2.06 bits per heavy atom. The van der Waals surface area contributed by atoms with Crippen LogP contribution < -0.4 is 10.5 Å². The van der Waals surface area contributed by atoms with Crippen molar-refractivity contribution in [1.82, 2.24) is 0 Å². The first kappa shape index (κ1) is 12.6. The summed E-state index contributed by atoms with van der Waals surface area (Å²) in [5.41, 5.74) is 9.91. The van der Waals surface area contributed by atoms with Gasteiger partial charge in [-0.1, -0.05) is 13.8 Å². The van der Waals surface area contributed by atoms with Crippen molar-refractivity contribution >= 4 is 11.9 Å². The first-order valence-electron chi connectivity index (χ1n) is 5.42. The molecule has 0 amide bonds. The molecule has 0 aliphatic rings. The Balaban J connectivity index is 3.49. The number of aliphatic imine (C=N–C) groups is 1. The average molecular weight is 220 g/mol. The molecule has 1 rings (SSSR count). The van der Waals surface area contributed by atoms with Crippen LogP contribution in [-0.2, 0) is 0 Å². The third-order valence-electron chi connectivity index (χ3n) is 2.72. The maximum absolute atomic E-state index is 6.04. The van der Waals surface area contributed by atoms with Gasteiger partial charge in [-0.05, 0) is 24.5 Å². The van der Waals surface area contributed by atoms with E-state index >= 15 is 0 Å². The molecule has 0 saturated heterocycles. The fourth-order valence-electron chi connectivity index (χ4n) is 1.81. The second-order valence-electron chi connectivity index (χ2n) is 4.17. The molecule has 0 atom stereocenters. The van der Waals surface area contributed by atoms with Gasteiger partial charge in [0.1, 0.15) is 5.75 Å². The van der Waals surface area contributed by atoms with Gasteiger partial charge in [-0.25, -0.2) is 0 Å². The second kappa shape index (κ2) is 5.01. The summed E-state index contributed by atoms with van der Waals surface area (Å²) in [5, 5.41) is 0. The lowest BCUT2D eigenvalue weighted by Crippen LogP contribution is -2.04. The molecule has 0 spiro atoms. The first-order chi connectivity index (χ1) is 7.52. The molecular formula is C13H20N2O. The van der Waals surface area contributed by atoms with E-state index in [0.29, 0.717) is 5.92 Å². The Morgan fingerprint density at radius 3 is 2.50 bits per heavy atom. The number of benzene rings is 1. The Labute approximate surface area is 97.3 Å². The molecule has 3 heteroatoms. The molecule has 3 nitrogen and oxygen atoms in total. The van der Waals surface area contributed by atoms with Gasteiger partial charge in [-0.2, -0.15) is 0 Å². The van der Waals surface area contributed by atoms with E-state index in [2.05, 4.69) is 24.9 Å². The summed E-state index contributed by atoms with van der Waals surface area (Å²) < 4.78 is 5.43. The van der Waals surface area contributed by atoms with Crippen LogP contribution in [0.15, 0.2) is 11.1 Å². The van der Waals surface area contributed by atoms with Crippen molar-refractivity contribution < 1.29 is 4.74 Å². The first-order valence-corrected chi connectivity index (χ1v) is 5.42. The van der Waals surface area contributed by atoms with Crippen molar-refractivity contribution in [3.05, 3.63) is 22.8 Å². The standard InChI is InChI=1S/C13H20N2O/c1-8(2)11-6-10(7-15-4)12(14)9(3)13(11)16-5/h6-8H,14H2,1-5H3. The largest absolute Gasteiger partial charge is 0.496 e. The van der Waals surface area contributed by atoms with E-state index in [1.165, 1.54) is 5.56 Å². The van der Waals surface area contributed by atoms with Crippen molar-refractivity contribution in [2.45, 2.75) is 26.7 Å². The summed E-state index contributed by atoms with van der Waals surface area (Å²) in [4.78, 5) is 4.02. The lowest BCUT2D eigenvalue weighted by atomic mass is 9.95. The molecule has 2 N–H and O–H groups in total. The van der Waals surface area contributed by atoms with Crippen LogP contribution in [0.3, 0.4) is 0 Å². The highest BCUT2D eigenvalue weighted by Gasteiger charge is 2.15. The highest BCUT2D eigenvalue weighted by molar-refractivity contribution is 5.89. The normalized spacial score (nSPS) is 11.4. The topological polar surface area (TPSA) is 47.6 Å². The van der Waals surface area contributed by atoms with Crippen molar-refractivity contribution in [2.75, 3.05) is 19.9 Å². The molecule has 0 radical (unpaired) electrons. The lowest BCUT2D eigenvalue weighted by molar-refractivity contribution is 0.404. The second-order valence-corrected chi connectivity index (χ2v) is 4.17. The Kier molecular flexibility index (Phi) is 3.93. The van der Waals surface area contributed by atoms with Crippen molar-refractivity contribution in [2.24, 2.45) is 4.99 Å². The maximum Gasteiger partial charge on any atom is 0.127 e. The van der Waals surface area contributed by atoms with E-state index in [-0.39, 0.29) is 0 Å². The zero-order valence-corrected chi connectivity index (χ0v) is 10.7. The number of hydrogen-bond donors (Lipinski definition) is 1. The summed E-state index contributed by atoms with van der Waals surface area (Å²) in [6.07, 6.45) is 1.79. The van der Waals surface area contributed by atoms with Gasteiger partial charge in [0.15, 0.2) is 0 Å². The average Bonchev–Trinajstić information content (AvgIpc) is 2.24. The van der Waals surface area contributed by atoms with Crippen LogP contribution in [-0.4, -0.2) is 20.4 Å². The van der Waals surface area contributed by atoms with Gasteiger partial charge in [0, 0.05) is 30.1 Å². The van der Waals surface area contributed by atoms with E-state index in [4.69, 9.17) is 10.5 Å². The van der Waals surface area contributed by atoms with Crippen LogP contribution in [0.1, 0.15) is 36.5 Å². The van der Waals surface area contributed by atoms with E-state index in [1.54, 1.807) is 20.4 Å². The molecule has 0 heterocycles. The van der Waals surface area contributed by atoms with Crippen LogP contribution in [0.5, 0.6) is 5.75 Å². The number of nitrogen functional groups attached to an aromatic ring is 1. The van der Waals surface area contributed by atoms with Gasteiger partial charge in [-0.15, -0.1) is 0 Å². The van der Waals surface area contributed by atoms with Crippen LogP contribution in [0, 0.1) is 6.92 Å². The molecular weight excluding hydrogens is 200 g/mol. The fourth-order valence-corrected chi connectivity index (χ4v) is 1.81. The molecule has 88 valence electrons. The summed E-state index contributed by atoms with van der Waals surface area (Å²) in [5.74, 6) is 1.29. The quantitative estimate of drug-likeness (QED) is 0.629. The van der Waals surface area contributed by atoms with Crippen molar-refractivity contribution in [3.8, 4) is 5.75 Å². The summed E-state index contributed by atoms with van der Waals surface area (Å²) in [6, 6.07) is 2.05. The minimum Gasteiger partial charge on any atom is -0.496 e. The lowest BCUT2D eigenvalue weighted by Gasteiger charge is -2.17. The smallest absolute Gasteiger partial charge is 0.127 e. The van der Waals surface area contributed by atoms with Gasteiger partial charge in [0.25, 0.3) is 0 Å². The minimum absolute atomic E-state index is 0.401. The van der Waals surface area contributed by atoms with E-state index in [9.17, 15) is 0 Å². The molecule has 0 aliphatic carbocycles. The summed E-state index contributed by atoms with van der Waals surface area (Å²) >= 11 is 0. The van der Waals surface area contributed by atoms with Gasteiger partial charge < -0.3 is 10.5 Å². The third-order valence-corrected chi connectivity index (χ3v) is 2.72. The maximum atomic E-state index is 6.04. The summed E-state index contributed by atoms with van der Waals surface area (Å²) in [7, 11) is 3.43. The Morgan fingerprint density at radius 1 is 1.44 bits per heavy atom. The molecule has 0 aromatic heterocycles. The summed E-state index contributed by atoms with van der Waals surface area (Å²) in [6.45, 7) is 6.26. The minimum atomic E-state index is 0.401. The van der Waals surface area contributed by atoms with Crippen LogP contribution in [0.25, 0.3) is 0 Å². The van der Waals surface area contributed by atoms with Gasteiger partial charge in [0.05, 0.1) is 7.11 Å². The van der Waals surface area contributed by atoms with Crippen LogP contribution in [0.2, 0.25) is 0 Å². The monoisotopic (exact) mass is 220 g/mol. The molecule has 0 saturated carbocycles. The molecule has 1 aromatic carbocycles. The predicted molar refractivity (Wildman–Crippen MR) is 69.8 cm³/mol. The molecule has 1 aromatic rings. The highest BCUT2D eigenvalue weighted by atomic mass is 16.5. The van der Waals surface area contributed by atoms with Crippen molar-refractivity contribution in [3.63, 3.8) is 0 Å². The Bertz CT molecular complexity index is 409. The molecule has 16 heavy (non-hydrogen) atoms. The molecule has 0 bridgehead atoms. The molecule has 0 unspecified atom stereocenters. The molecule has 0 fully saturated rings. The number of hydrogen-bond acceptors (Lipinski definition) is 3. The van der Waals surface area contributed by atoms with Crippen LogP contribution >= 0.6 is 0 Å². The van der Waals surface area contributed by atoms with Gasteiger partial charge in [-0.3, -0.25) is 4.99 Å². The number of rotatable bonds is 3. The number of nitrogens with zero attached hydrogens (tertiary/aromatic N) is 1. The number of ether oxygens (including phenoxy) is 1. The number of methoxy groups -OCH3 is 1. The van der Waals surface area contributed by atoms with E-state index in [1.807, 2.05) is 6.92 Å². The highest BCUT2D eigenvalue weighted by Crippen LogP contribution is 2.34. The Hall–Kier alpha value is -1.51. The van der Waals surface area contributed by atoms with Crippen molar-refractivity contribution in [1.29, 1.82) is 0 Å². The van der Waals surface area contributed by atoms with E-state index in [0.717, 1.165) is 22.6 Å². The molecule has 0 aliphatic heterocycles. The fraction of sp³-hybridized carbons (Fsp3) is 0.462. The van der Waals surface area contributed by atoms with E-state index < -0.39 is 0 Å². The third kappa shape index (κ3) is 2.18. The number of nitrogens with two attached hydrogens (primary N) is 1. The zero-order valence-electron chi connectivity index (χ0n) is 10.7. The van der Waals surface area contributed by atoms with Crippen LogP contribution in [0.4, 0.5) is 5.69 Å².